The van der Waals surface area contributed by atoms with Crippen LogP contribution in [-0.4, -0.2) is 47.4 Å². The summed E-state index contributed by atoms with van der Waals surface area (Å²) in [7, 11) is 0. The minimum Gasteiger partial charge on any atom is -0.466 e. The molecule has 0 fully saturated rings. The first-order chi connectivity index (χ1) is 32.0. The van der Waals surface area contributed by atoms with E-state index < -0.39 is 12.1 Å². The molecule has 0 aromatic carbocycles. The van der Waals surface area contributed by atoms with Crippen molar-refractivity contribution in [1.29, 1.82) is 0 Å². The van der Waals surface area contributed by atoms with E-state index in [0.29, 0.717) is 19.4 Å². The highest BCUT2D eigenvalue weighted by molar-refractivity contribution is 5.76. The summed E-state index contributed by atoms with van der Waals surface area (Å²) in [5.41, 5.74) is 0. The summed E-state index contributed by atoms with van der Waals surface area (Å²) < 4.78 is 5.47. The molecule has 0 heterocycles. The molecule has 0 aliphatic carbocycles. The van der Waals surface area contributed by atoms with Gasteiger partial charge in [0.2, 0.25) is 5.91 Å². The van der Waals surface area contributed by atoms with Crippen LogP contribution in [0.15, 0.2) is 24.3 Å². The molecule has 0 aliphatic rings. The molecule has 0 bridgehead atoms. The van der Waals surface area contributed by atoms with E-state index in [1.165, 1.54) is 231 Å². The number of aliphatic hydroxyl groups is 2. The minimum absolute atomic E-state index is 0.0235. The van der Waals surface area contributed by atoms with Gasteiger partial charge in [-0.1, -0.05) is 269 Å². The third-order valence-corrected chi connectivity index (χ3v) is 13.5. The molecule has 0 aliphatic heterocycles. The smallest absolute Gasteiger partial charge is 0.305 e. The molecule has 0 saturated carbocycles. The van der Waals surface area contributed by atoms with E-state index in [2.05, 4.69) is 31.3 Å². The predicted octanol–water partition coefficient (Wildman–Crippen LogP) is 17.9. The maximum absolute atomic E-state index is 12.5. The highest BCUT2D eigenvalue weighted by Gasteiger charge is 2.18. The second kappa shape index (κ2) is 54.9. The van der Waals surface area contributed by atoms with Crippen LogP contribution in [0.3, 0.4) is 0 Å². The molecule has 1 amide bonds. The first-order valence-corrected chi connectivity index (χ1v) is 29.1. The summed E-state index contributed by atoms with van der Waals surface area (Å²) in [5.74, 6) is -0.112. The largest absolute Gasteiger partial charge is 0.466 e. The van der Waals surface area contributed by atoms with Gasteiger partial charge in [-0.15, -0.1) is 0 Å². The van der Waals surface area contributed by atoms with Crippen LogP contribution < -0.4 is 5.32 Å². The van der Waals surface area contributed by atoms with E-state index in [0.717, 1.165) is 57.8 Å². The lowest BCUT2D eigenvalue weighted by Gasteiger charge is -2.20. The van der Waals surface area contributed by atoms with Crippen molar-refractivity contribution in [1.82, 2.24) is 5.32 Å². The minimum atomic E-state index is -0.860. The second-order valence-corrected chi connectivity index (χ2v) is 20.0. The predicted molar refractivity (Wildman–Crippen MR) is 283 cm³/mol. The van der Waals surface area contributed by atoms with Crippen LogP contribution in [0.25, 0.3) is 0 Å². The number of carbonyl (C=O) groups is 2. The van der Waals surface area contributed by atoms with Crippen LogP contribution in [0, 0.1) is 0 Å². The van der Waals surface area contributed by atoms with Crippen LogP contribution in [-0.2, 0) is 14.3 Å². The van der Waals surface area contributed by atoms with Crippen molar-refractivity contribution in [3.63, 3.8) is 0 Å². The molecule has 2 unspecified atom stereocenters. The van der Waals surface area contributed by atoms with E-state index in [4.69, 9.17) is 4.74 Å². The molecule has 2 atom stereocenters. The summed E-state index contributed by atoms with van der Waals surface area (Å²) in [6.07, 6.45) is 66.2. The molecule has 65 heavy (non-hydrogen) atoms. The number of hydrogen-bond acceptors (Lipinski definition) is 5. The number of ether oxygens (including phenoxy) is 1. The van der Waals surface area contributed by atoms with Crippen LogP contribution in [0.4, 0.5) is 0 Å². The van der Waals surface area contributed by atoms with Gasteiger partial charge in [-0.25, -0.2) is 0 Å². The molecule has 6 heteroatoms. The van der Waals surface area contributed by atoms with Crippen molar-refractivity contribution in [2.75, 3.05) is 13.2 Å². The van der Waals surface area contributed by atoms with Gasteiger partial charge in [0.1, 0.15) is 0 Å². The van der Waals surface area contributed by atoms with Crippen molar-refractivity contribution in [3.05, 3.63) is 24.3 Å². The van der Waals surface area contributed by atoms with Gasteiger partial charge in [-0.05, 0) is 57.8 Å². The summed E-state index contributed by atoms with van der Waals surface area (Å²) >= 11 is 0. The Bertz CT molecular complexity index is 1010. The number of allylic oxidation sites excluding steroid dienone is 3. The number of esters is 1. The van der Waals surface area contributed by atoms with Gasteiger partial charge >= 0.3 is 5.97 Å². The van der Waals surface area contributed by atoms with E-state index in [1.54, 1.807) is 6.08 Å². The molecule has 0 rings (SSSR count). The van der Waals surface area contributed by atoms with Crippen molar-refractivity contribution >= 4 is 11.9 Å². The third kappa shape index (κ3) is 51.6. The van der Waals surface area contributed by atoms with Gasteiger partial charge in [0.05, 0.1) is 25.4 Å². The Labute approximate surface area is 405 Å². The Hall–Kier alpha value is -1.66. The van der Waals surface area contributed by atoms with E-state index in [9.17, 15) is 19.8 Å². The zero-order valence-corrected chi connectivity index (χ0v) is 43.7. The van der Waals surface area contributed by atoms with Gasteiger partial charge < -0.3 is 20.3 Å². The molecular weight excluding hydrogens is 803 g/mol. The molecule has 0 radical (unpaired) electrons. The number of hydrogen-bond donors (Lipinski definition) is 3. The van der Waals surface area contributed by atoms with Crippen molar-refractivity contribution in [3.8, 4) is 0 Å². The van der Waals surface area contributed by atoms with E-state index in [1.807, 2.05) is 6.08 Å². The topological polar surface area (TPSA) is 95.9 Å². The Morgan fingerprint density at radius 1 is 0.415 bits per heavy atom. The Morgan fingerprint density at radius 2 is 0.723 bits per heavy atom. The Morgan fingerprint density at radius 3 is 1.09 bits per heavy atom. The lowest BCUT2D eigenvalue weighted by molar-refractivity contribution is -0.143. The molecule has 0 aromatic heterocycles. The number of nitrogens with one attached hydrogen (secondary N) is 1. The average Bonchev–Trinajstić information content (AvgIpc) is 3.31. The van der Waals surface area contributed by atoms with Gasteiger partial charge in [0.25, 0.3) is 0 Å². The Balaban J connectivity index is 3.50. The van der Waals surface area contributed by atoms with E-state index in [-0.39, 0.29) is 18.5 Å². The first kappa shape index (κ1) is 63.3. The monoisotopic (exact) mass is 916 g/mol. The fraction of sp³-hybridized carbons (Fsp3) is 0.898. The summed E-state index contributed by atoms with van der Waals surface area (Å²) in [6, 6.07) is -0.645. The van der Waals surface area contributed by atoms with Crippen LogP contribution in [0.5, 0.6) is 0 Å². The average molecular weight is 917 g/mol. The SMILES string of the molecule is CCCCCCCC/C=C\CCCCCCCCCC(=O)OCCCCCCCCCCCCC(=O)NC(CO)C(O)/C=C/CCCCCCCCCCCCCCCCCCCCC. The lowest BCUT2D eigenvalue weighted by atomic mass is 10.0. The lowest BCUT2D eigenvalue weighted by Crippen LogP contribution is -2.45. The highest BCUT2D eigenvalue weighted by atomic mass is 16.5. The molecule has 0 saturated heterocycles. The number of unbranched alkanes of at least 4 members (excludes halogenated alkanes) is 41. The Kier molecular flexibility index (Phi) is 53.5. The normalized spacial score (nSPS) is 12.7. The standard InChI is InChI=1S/C59H113NO5/c1-3-5-7-9-11-13-15-17-19-21-22-23-24-26-27-29-31-35-39-43-47-51-57(62)56(55-61)60-58(63)52-48-44-40-36-33-34-38-42-46-50-54-65-59(64)53-49-45-41-37-32-30-28-25-20-18-16-14-12-10-8-6-4-2/h18,20,47,51,56-57,61-62H,3-17,19,21-46,48-50,52-55H2,1-2H3,(H,60,63)/b20-18-,51-47+. The summed E-state index contributed by atoms with van der Waals surface area (Å²) in [6.45, 7) is 4.86. The first-order valence-electron chi connectivity index (χ1n) is 29.1. The molecule has 0 aromatic rings. The van der Waals surface area contributed by atoms with Crippen molar-refractivity contribution < 1.29 is 24.5 Å². The van der Waals surface area contributed by atoms with Crippen LogP contribution >= 0.6 is 0 Å². The fourth-order valence-electron chi connectivity index (χ4n) is 8.98. The molecule has 0 spiro atoms. The number of carbonyl (C=O) groups excluding carboxylic acids is 2. The molecule has 384 valence electrons. The highest BCUT2D eigenvalue weighted by Crippen LogP contribution is 2.17. The zero-order valence-electron chi connectivity index (χ0n) is 43.7. The van der Waals surface area contributed by atoms with E-state index >= 15 is 0 Å². The molecule has 6 nitrogen and oxygen atoms in total. The zero-order chi connectivity index (χ0) is 47.2. The van der Waals surface area contributed by atoms with Crippen molar-refractivity contribution in [2.24, 2.45) is 0 Å². The maximum atomic E-state index is 12.5. The van der Waals surface area contributed by atoms with Crippen molar-refractivity contribution in [2.45, 2.75) is 328 Å². The molecular formula is C59H113NO5. The quantitative estimate of drug-likeness (QED) is 0.0321. The van der Waals surface area contributed by atoms with Gasteiger partial charge in [0, 0.05) is 12.8 Å². The fourth-order valence-corrected chi connectivity index (χ4v) is 8.98. The number of rotatable bonds is 54. The van der Waals surface area contributed by atoms with Gasteiger partial charge in [0.15, 0.2) is 0 Å². The number of amides is 1. The summed E-state index contributed by atoms with van der Waals surface area (Å²) in [4.78, 5) is 24.6. The molecule has 3 N–H and O–H groups in total. The maximum Gasteiger partial charge on any atom is 0.305 e. The number of aliphatic hydroxyl groups excluding tert-OH is 2. The second-order valence-electron chi connectivity index (χ2n) is 20.0. The summed E-state index contributed by atoms with van der Waals surface area (Å²) in [5, 5.41) is 23.2. The van der Waals surface area contributed by atoms with Gasteiger partial charge in [-0.3, -0.25) is 9.59 Å². The van der Waals surface area contributed by atoms with Gasteiger partial charge in [-0.2, -0.15) is 0 Å². The van der Waals surface area contributed by atoms with Crippen LogP contribution in [0.1, 0.15) is 316 Å². The third-order valence-electron chi connectivity index (χ3n) is 13.5. The van der Waals surface area contributed by atoms with Crippen LogP contribution in [0.2, 0.25) is 0 Å².